The summed E-state index contributed by atoms with van der Waals surface area (Å²) in [5.74, 6) is -0.255. The summed E-state index contributed by atoms with van der Waals surface area (Å²) in [5, 5.41) is 10.2. The number of aryl methyl sites for hydroxylation is 1. The molecule has 0 bridgehead atoms. The second-order valence-corrected chi connectivity index (χ2v) is 5.80. The molecule has 3 nitrogen and oxygen atoms in total. The van der Waals surface area contributed by atoms with E-state index in [-0.39, 0.29) is 11.9 Å². The highest BCUT2D eigenvalue weighted by molar-refractivity contribution is 5.24. The lowest BCUT2D eigenvalue weighted by atomic mass is 10.0. The summed E-state index contributed by atoms with van der Waals surface area (Å²) in [6.07, 6.45) is 0.232. The third kappa shape index (κ3) is 3.78. The number of ether oxygens (including phenoxy) is 1. The third-order valence-corrected chi connectivity index (χ3v) is 4.01. The van der Waals surface area contributed by atoms with Gasteiger partial charge in [-0.3, -0.25) is 4.90 Å². The predicted octanol–water partition coefficient (Wildman–Crippen LogP) is 2.67. The largest absolute Gasteiger partial charge is 0.388 e. The number of hydrogen-bond acceptors (Lipinski definition) is 3. The van der Waals surface area contributed by atoms with Crippen LogP contribution in [0.3, 0.4) is 0 Å². The SMILES string of the molecule is Cc1ccc(C(O)CCN2CC(C)OCC2C)cc1F. The molecule has 1 aromatic carbocycles. The molecule has 1 saturated heterocycles. The molecule has 1 heterocycles. The van der Waals surface area contributed by atoms with Gasteiger partial charge in [-0.2, -0.15) is 0 Å². The summed E-state index contributed by atoms with van der Waals surface area (Å²) >= 11 is 0. The maximum Gasteiger partial charge on any atom is 0.126 e. The average Bonchev–Trinajstić information content (AvgIpc) is 2.42. The fourth-order valence-electron chi connectivity index (χ4n) is 2.55. The van der Waals surface area contributed by atoms with Gasteiger partial charge in [-0.25, -0.2) is 4.39 Å². The van der Waals surface area contributed by atoms with Gasteiger partial charge in [0.1, 0.15) is 5.82 Å². The lowest BCUT2D eigenvalue weighted by Gasteiger charge is -2.37. The smallest absolute Gasteiger partial charge is 0.126 e. The van der Waals surface area contributed by atoms with Crippen LogP contribution in [0.25, 0.3) is 0 Å². The number of aliphatic hydroxyl groups is 1. The first-order valence-corrected chi connectivity index (χ1v) is 7.27. The van der Waals surface area contributed by atoms with Crippen molar-refractivity contribution in [2.45, 2.75) is 45.4 Å². The molecule has 1 fully saturated rings. The van der Waals surface area contributed by atoms with Crippen LogP contribution in [0.4, 0.5) is 4.39 Å². The molecule has 0 saturated carbocycles. The maximum absolute atomic E-state index is 13.5. The number of halogens is 1. The van der Waals surface area contributed by atoms with Gasteiger partial charge in [-0.1, -0.05) is 12.1 Å². The summed E-state index contributed by atoms with van der Waals surface area (Å²) in [4.78, 5) is 2.32. The van der Waals surface area contributed by atoms with Gasteiger partial charge in [0.15, 0.2) is 0 Å². The van der Waals surface area contributed by atoms with E-state index < -0.39 is 6.10 Å². The topological polar surface area (TPSA) is 32.7 Å². The molecule has 1 aromatic rings. The van der Waals surface area contributed by atoms with Gasteiger partial charge >= 0.3 is 0 Å². The molecular formula is C16H24FNO2. The summed E-state index contributed by atoms with van der Waals surface area (Å²) in [6.45, 7) is 8.33. The van der Waals surface area contributed by atoms with Crippen LogP contribution in [0.1, 0.15) is 37.5 Å². The highest BCUT2D eigenvalue weighted by atomic mass is 19.1. The molecule has 20 heavy (non-hydrogen) atoms. The zero-order chi connectivity index (χ0) is 14.7. The molecule has 4 heteroatoms. The Balaban J connectivity index is 1.90. The van der Waals surface area contributed by atoms with E-state index in [0.29, 0.717) is 23.6 Å². The first-order valence-electron chi connectivity index (χ1n) is 7.27. The summed E-state index contributed by atoms with van der Waals surface area (Å²) in [5.41, 5.74) is 1.26. The Morgan fingerprint density at radius 1 is 1.45 bits per heavy atom. The molecule has 112 valence electrons. The summed E-state index contributed by atoms with van der Waals surface area (Å²) in [6, 6.07) is 5.32. The molecule has 1 aliphatic rings. The van der Waals surface area contributed by atoms with E-state index in [9.17, 15) is 9.50 Å². The first-order chi connectivity index (χ1) is 9.47. The second kappa shape index (κ2) is 6.66. The van der Waals surface area contributed by atoms with E-state index >= 15 is 0 Å². The van der Waals surface area contributed by atoms with Crippen LogP contribution in [0, 0.1) is 12.7 Å². The van der Waals surface area contributed by atoms with Crippen molar-refractivity contribution in [3.05, 3.63) is 35.1 Å². The van der Waals surface area contributed by atoms with Gasteiger partial charge in [0, 0.05) is 19.1 Å². The van der Waals surface area contributed by atoms with Crippen LogP contribution in [0.2, 0.25) is 0 Å². The zero-order valence-electron chi connectivity index (χ0n) is 12.5. The van der Waals surface area contributed by atoms with Crippen molar-refractivity contribution in [1.82, 2.24) is 4.90 Å². The molecule has 0 amide bonds. The van der Waals surface area contributed by atoms with Gasteiger partial charge < -0.3 is 9.84 Å². The Labute approximate surface area is 120 Å². The standard InChI is InChI=1S/C16H24FNO2/c1-11-4-5-14(8-15(11)17)16(19)6-7-18-9-13(3)20-10-12(18)2/h4-5,8,12-13,16,19H,6-7,9-10H2,1-3H3. The van der Waals surface area contributed by atoms with Gasteiger partial charge in [0.25, 0.3) is 0 Å². The maximum atomic E-state index is 13.5. The average molecular weight is 281 g/mol. The number of nitrogens with zero attached hydrogens (tertiary/aromatic N) is 1. The number of hydrogen-bond donors (Lipinski definition) is 1. The van der Waals surface area contributed by atoms with Crippen molar-refractivity contribution in [3.63, 3.8) is 0 Å². The molecule has 2 rings (SSSR count). The van der Waals surface area contributed by atoms with Crippen molar-refractivity contribution < 1.29 is 14.2 Å². The van der Waals surface area contributed by atoms with Crippen LogP contribution in [0.15, 0.2) is 18.2 Å². The fraction of sp³-hybridized carbons (Fsp3) is 0.625. The second-order valence-electron chi connectivity index (χ2n) is 5.80. The molecular weight excluding hydrogens is 257 g/mol. The Kier molecular flexibility index (Phi) is 5.13. The minimum absolute atomic E-state index is 0.236. The number of benzene rings is 1. The monoisotopic (exact) mass is 281 g/mol. The predicted molar refractivity (Wildman–Crippen MR) is 77.2 cm³/mol. The number of rotatable bonds is 4. The Hall–Kier alpha value is -0.970. The molecule has 0 spiro atoms. The lowest BCUT2D eigenvalue weighted by Crippen LogP contribution is -2.47. The summed E-state index contributed by atoms with van der Waals surface area (Å²) in [7, 11) is 0. The van der Waals surface area contributed by atoms with E-state index in [1.807, 2.05) is 0 Å². The fourth-order valence-corrected chi connectivity index (χ4v) is 2.55. The van der Waals surface area contributed by atoms with Crippen LogP contribution in [-0.2, 0) is 4.74 Å². The normalized spacial score (nSPS) is 25.6. The van der Waals surface area contributed by atoms with Crippen LogP contribution in [0.5, 0.6) is 0 Å². The molecule has 0 aromatic heterocycles. The van der Waals surface area contributed by atoms with E-state index in [2.05, 4.69) is 18.7 Å². The van der Waals surface area contributed by atoms with E-state index in [1.165, 1.54) is 6.07 Å². The van der Waals surface area contributed by atoms with Crippen molar-refractivity contribution in [3.8, 4) is 0 Å². The van der Waals surface area contributed by atoms with Gasteiger partial charge in [-0.05, 0) is 44.4 Å². The van der Waals surface area contributed by atoms with Crippen molar-refractivity contribution in [2.24, 2.45) is 0 Å². The highest BCUT2D eigenvalue weighted by Gasteiger charge is 2.23. The number of morpholine rings is 1. The van der Waals surface area contributed by atoms with Crippen LogP contribution < -0.4 is 0 Å². The molecule has 3 atom stereocenters. The molecule has 0 aliphatic carbocycles. The molecule has 1 N–H and O–H groups in total. The van der Waals surface area contributed by atoms with E-state index in [1.54, 1.807) is 19.1 Å². The lowest BCUT2D eigenvalue weighted by molar-refractivity contribution is -0.0527. The number of aliphatic hydroxyl groups excluding tert-OH is 1. The van der Waals surface area contributed by atoms with Crippen molar-refractivity contribution in [2.75, 3.05) is 19.7 Å². The van der Waals surface area contributed by atoms with E-state index in [0.717, 1.165) is 19.7 Å². The minimum atomic E-state index is -0.615. The van der Waals surface area contributed by atoms with Crippen LogP contribution in [-0.4, -0.2) is 41.8 Å². The summed E-state index contributed by atoms with van der Waals surface area (Å²) < 4.78 is 19.1. The van der Waals surface area contributed by atoms with E-state index in [4.69, 9.17) is 4.74 Å². The van der Waals surface area contributed by atoms with Crippen molar-refractivity contribution in [1.29, 1.82) is 0 Å². The Morgan fingerprint density at radius 2 is 2.20 bits per heavy atom. The third-order valence-electron chi connectivity index (χ3n) is 4.01. The Morgan fingerprint density at radius 3 is 2.90 bits per heavy atom. The van der Waals surface area contributed by atoms with Gasteiger partial charge in [0.2, 0.25) is 0 Å². The molecule has 1 aliphatic heterocycles. The Bertz CT molecular complexity index is 452. The van der Waals surface area contributed by atoms with Gasteiger partial charge in [-0.15, -0.1) is 0 Å². The minimum Gasteiger partial charge on any atom is -0.388 e. The highest BCUT2D eigenvalue weighted by Crippen LogP contribution is 2.21. The first kappa shape index (κ1) is 15.4. The van der Waals surface area contributed by atoms with Crippen LogP contribution >= 0.6 is 0 Å². The molecule has 3 unspecified atom stereocenters. The molecule has 0 radical (unpaired) electrons. The van der Waals surface area contributed by atoms with Crippen molar-refractivity contribution >= 4 is 0 Å². The van der Waals surface area contributed by atoms with Gasteiger partial charge in [0.05, 0.1) is 18.8 Å². The zero-order valence-corrected chi connectivity index (χ0v) is 12.5. The quantitative estimate of drug-likeness (QED) is 0.921.